The molecular formula is C18H19N3O5. The quantitative estimate of drug-likeness (QED) is 0.676. The van der Waals surface area contributed by atoms with Gasteiger partial charge >= 0.3 is 5.97 Å². The Bertz CT molecular complexity index is 805. The molecule has 0 bridgehead atoms. The molecule has 1 aromatic heterocycles. The minimum absolute atomic E-state index is 0.0524. The molecule has 0 unspecified atom stereocenters. The van der Waals surface area contributed by atoms with Gasteiger partial charge in [0.15, 0.2) is 12.4 Å². The second-order valence-corrected chi connectivity index (χ2v) is 5.61. The van der Waals surface area contributed by atoms with E-state index in [9.17, 15) is 14.4 Å². The zero-order valence-electron chi connectivity index (χ0n) is 14.2. The fraction of sp³-hybridized carbons (Fsp3) is 0.222. The molecule has 1 aromatic carbocycles. The Balaban J connectivity index is 1.91. The highest BCUT2D eigenvalue weighted by Crippen LogP contribution is 2.13. The van der Waals surface area contributed by atoms with Gasteiger partial charge in [-0.1, -0.05) is 6.07 Å². The first-order chi connectivity index (χ1) is 12.3. The smallest absolute Gasteiger partial charge is 0.341 e. The van der Waals surface area contributed by atoms with E-state index in [-0.39, 0.29) is 24.7 Å². The molecule has 2 aromatic rings. The number of hydrogen-bond donors (Lipinski definition) is 2. The summed E-state index contributed by atoms with van der Waals surface area (Å²) in [5, 5.41) is 8.56. The molecule has 0 saturated carbocycles. The second-order valence-electron chi connectivity index (χ2n) is 5.61. The lowest BCUT2D eigenvalue weighted by Crippen LogP contribution is -2.33. The molecule has 1 heterocycles. The molecule has 0 aliphatic heterocycles. The Morgan fingerprint density at radius 1 is 1.15 bits per heavy atom. The monoisotopic (exact) mass is 357 g/mol. The molecule has 1 amide bonds. The van der Waals surface area contributed by atoms with E-state index in [0.29, 0.717) is 22.8 Å². The lowest BCUT2D eigenvalue weighted by molar-refractivity contribution is -0.139. The van der Waals surface area contributed by atoms with Crippen molar-refractivity contribution >= 4 is 23.5 Å². The predicted octanol–water partition coefficient (Wildman–Crippen LogP) is 1.01. The lowest BCUT2D eigenvalue weighted by Gasteiger charge is -2.16. The van der Waals surface area contributed by atoms with E-state index < -0.39 is 12.6 Å². The van der Waals surface area contributed by atoms with E-state index in [1.807, 2.05) is 0 Å². The van der Waals surface area contributed by atoms with Gasteiger partial charge < -0.3 is 20.5 Å². The minimum Gasteiger partial charge on any atom is -0.482 e. The van der Waals surface area contributed by atoms with Crippen LogP contribution < -0.4 is 10.5 Å². The summed E-state index contributed by atoms with van der Waals surface area (Å²) in [4.78, 5) is 40.3. The van der Waals surface area contributed by atoms with Crippen LogP contribution in [0.4, 0.5) is 5.82 Å². The summed E-state index contributed by atoms with van der Waals surface area (Å²) in [6.45, 7) is -0.543. The number of rotatable bonds is 8. The van der Waals surface area contributed by atoms with Gasteiger partial charge in [0.1, 0.15) is 11.6 Å². The minimum atomic E-state index is -1.08. The zero-order chi connectivity index (χ0) is 19.1. The van der Waals surface area contributed by atoms with Gasteiger partial charge in [0, 0.05) is 12.6 Å². The number of aromatic nitrogens is 1. The first-order valence-electron chi connectivity index (χ1n) is 7.78. The summed E-state index contributed by atoms with van der Waals surface area (Å²) >= 11 is 0. The number of pyridine rings is 1. The third-order valence-corrected chi connectivity index (χ3v) is 3.51. The van der Waals surface area contributed by atoms with Crippen LogP contribution in [0, 0.1) is 0 Å². The van der Waals surface area contributed by atoms with Gasteiger partial charge in [-0.3, -0.25) is 9.59 Å². The summed E-state index contributed by atoms with van der Waals surface area (Å²) in [6, 6.07) is 11.1. The highest BCUT2D eigenvalue weighted by atomic mass is 16.5. The van der Waals surface area contributed by atoms with Gasteiger partial charge in [0.2, 0.25) is 5.91 Å². The van der Waals surface area contributed by atoms with Crippen LogP contribution in [0.1, 0.15) is 16.1 Å². The van der Waals surface area contributed by atoms with Gasteiger partial charge in [0.25, 0.3) is 0 Å². The molecule has 0 radical (unpaired) electrons. The molecule has 3 N–H and O–H groups in total. The largest absolute Gasteiger partial charge is 0.482 e. The van der Waals surface area contributed by atoms with Gasteiger partial charge in [-0.15, -0.1) is 0 Å². The van der Waals surface area contributed by atoms with E-state index in [2.05, 4.69) is 4.98 Å². The molecule has 0 spiro atoms. The van der Waals surface area contributed by atoms with E-state index in [4.69, 9.17) is 15.6 Å². The number of carboxylic acids is 1. The van der Waals surface area contributed by atoms with Crippen LogP contribution in [-0.2, 0) is 16.0 Å². The third-order valence-electron chi connectivity index (χ3n) is 3.51. The van der Waals surface area contributed by atoms with Gasteiger partial charge in [-0.2, -0.15) is 0 Å². The SMILES string of the molecule is CN(CC(=O)c1ccc(OCC(=O)O)cc1)C(=O)Cc1cccc(N)n1. The van der Waals surface area contributed by atoms with E-state index in [1.54, 1.807) is 18.2 Å². The predicted molar refractivity (Wildman–Crippen MR) is 93.9 cm³/mol. The number of carbonyl (C=O) groups excluding carboxylic acids is 2. The van der Waals surface area contributed by atoms with Crippen molar-refractivity contribution in [2.75, 3.05) is 25.9 Å². The van der Waals surface area contributed by atoms with Crippen molar-refractivity contribution in [2.45, 2.75) is 6.42 Å². The lowest BCUT2D eigenvalue weighted by atomic mass is 10.1. The van der Waals surface area contributed by atoms with Gasteiger partial charge in [0.05, 0.1) is 18.7 Å². The molecule has 2 rings (SSSR count). The topological polar surface area (TPSA) is 123 Å². The summed E-state index contributed by atoms with van der Waals surface area (Å²) in [5.74, 6) is -0.899. The highest BCUT2D eigenvalue weighted by Gasteiger charge is 2.15. The van der Waals surface area contributed by atoms with Gasteiger partial charge in [-0.05, 0) is 36.4 Å². The van der Waals surface area contributed by atoms with Crippen molar-refractivity contribution in [1.82, 2.24) is 9.88 Å². The number of hydrogen-bond acceptors (Lipinski definition) is 6. The molecule has 0 fully saturated rings. The summed E-state index contributed by atoms with van der Waals surface area (Å²) in [7, 11) is 1.54. The molecule has 26 heavy (non-hydrogen) atoms. The maximum absolute atomic E-state index is 12.3. The first kappa shape index (κ1) is 18.9. The van der Waals surface area contributed by atoms with Crippen LogP contribution in [0.5, 0.6) is 5.75 Å². The van der Waals surface area contributed by atoms with Crippen molar-refractivity contribution in [3.05, 3.63) is 53.7 Å². The number of aliphatic carboxylic acids is 1. The molecule has 8 heteroatoms. The van der Waals surface area contributed by atoms with Crippen LogP contribution in [0.3, 0.4) is 0 Å². The third kappa shape index (κ3) is 5.59. The fourth-order valence-corrected chi connectivity index (χ4v) is 2.16. The van der Waals surface area contributed by atoms with Gasteiger partial charge in [-0.25, -0.2) is 9.78 Å². The van der Waals surface area contributed by atoms with Crippen molar-refractivity contribution in [3.63, 3.8) is 0 Å². The number of ketones is 1. The Labute approximate surface area is 150 Å². The standard InChI is InChI=1S/C18H19N3O5/c1-21(17(23)9-13-3-2-4-16(19)20-13)10-15(22)12-5-7-14(8-6-12)26-11-18(24)25/h2-8H,9-11H2,1H3,(H2,19,20)(H,24,25). The van der Waals surface area contributed by atoms with Crippen molar-refractivity contribution in [3.8, 4) is 5.75 Å². The normalized spacial score (nSPS) is 10.2. The van der Waals surface area contributed by atoms with Crippen LogP contribution in [0.25, 0.3) is 0 Å². The number of likely N-dealkylation sites (N-methyl/N-ethyl adjacent to an activating group) is 1. The number of carboxylic acid groups (broad SMARTS) is 1. The maximum Gasteiger partial charge on any atom is 0.341 e. The van der Waals surface area contributed by atoms with E-state index in [0.717, 1.165) is 0 Å². The Hall–Kier alpha value is -3.42. The maximum atomic E-state index is 12.3. The number of nitrogens with zero attached hydrogens (tertiary/aromatic N) is 2. The Morgan fingerprint density at radius 3 is 2.46 bits per heavy atom. The summed E-state index contributed by atoms with van der Waals surface area (Å²) in [5.41, 5.74) is 6.52. The second kappa shape index (κ2) is 8.61. The summed E-state index contributed by atoms with van der Waals surface area (Å²) in [6.07, 6.45) is 0.0524. The summed E-state index contributed by atoms with van der Waals surface area (Å²) < 4.78 is 5.00. The average Bonchev–Trinajstić information content (AvgIpc) is 2.60. The zero-order valence-corrected chi connectivity index (χ0v) is 14.2. The van der Waals surface area contributed by atoms with Crippen LogP contribution in [-0.4, -0.2) is 52.8 Å². The van der Waals surface area contributed by atoms with E-state index in [1.165, 1.54) is 36.2 Å². The number of ether oxygens (including phenoxy) is 1. The number of nitrogens with two attached hydrogens (primary N) is 1. The van der Waals surface area contributed by atoms with Crippen molar-refractivity contribution < 1.29 is 24.2 Å². The molecule has 0 aliphatic rings. The molecular weight excluding hydrogens is 338 g/mol. The molecule has 0 atom stereocenters. The number of amides is 1. The average molecular weight is 357 g/mol. The van der Waals surface area contributed by atoms with E-state index >= 15 is 0 Å². The molecule has 8 nitrogen and oxygen atoms in total. The molecule has 0 saturated heterocycles. The Kier molecular flexibility index (Phi) is 6.26. The first-order valence-corrected chi connectivity index (χ1v) is 7.78. The fourth-order valence-electron chi connectivity index (χ4n) is 2.16. The molecule has 136 valence electrons. The van der Waals surface area contributed by atoms with Crippen LogP contribution in [0.2, 0.25) is 0 Å². The number of nitrogen functional groups attached to an aromatic ring is 1. The number of Topliss-reactive ketones (excluding diaryl/α,β-unsaturated/α-hetero) is 1. The van der Waals surface area contributed by atoms with Crippen molar-refractivity contribution in [1.29, 1.82) is 0 Å². The van der Waals surface area contributed by atoms with Crippen molar-refractivity contribution in [2.24, 2.45) is 0 Å². The number of carbonyl (C=O) groups is 3. The Morgan fingerprint density at radius 2 is 1.85 bits per heavy atom. The number of anilines is 1. The highest BCUT2D eigenvalue weighted by molar-refractivity contribution is 5.99. The van der Waals surface area contributed by atoms with Crippen LogP contribution >= 0.6 is 0 Å². The van der Waals surface area contributed by atoms with Crippen LogP contribution in [0.15, 0.2) is 42.5 Å². The number of benzene rings is 1. The molecule has 0 aliphatic carbocycles.